The van der Waals surface area contributed by atoms with E-state index in [2.05, 4.69) is 12.2 Å². The van der Waals surface area contributed by atoms with Crippen molar-refractivity contribution in [2.45, 2.75) is 20.3 Å². The first-order valence-electron chi connectivity index (χ1n) is 5.69. The number of benzene rings is 1. The number of carbonyl (C=O) groups is 1. The second-order valence-corrected chi connectivity index (χ2v) is 3.70. The maximum Gasteiger partial charge on any atom is 0.338 e. The fourth-order valence-electron chi connectivity index (χ4n) is 1.40. The second-order valence-electron chi connectivity index (χ2n) is 3.70. The van der Waals surface area contributed by atoms with E-state index in [1.807, 2.05) is 25.1 Å². The molecule has 0 aliphatic heterocycles. The van der Waals surface area contributed by atoms with Gasteiger partial charge in [0.15, 0.2) is 0 Å². The normalized spacial score (nSPS) is 10.1. The highest BCUT2D eigenvalue weighted by Crippen LogP contribution is 2.08. The van der Waals surface area contributed by atoms with E-state index >= 15 is 0 Å². The third kappa shape index (κ3) is 4.03. The molecule has 0 atom stereocenters. The molecule has 0 spiro atoms. The van der Waals surface area contributed by atoms with Crippen molar-refractivity contribution in [1.82, 2.24) is 5.32 Å². The number of esters is 1. The van der Waals surface area contributed by atoms with Crippen LogP contribution in [0.5, 0.6) is 0 Å². The molecule has 0 fully saturated rings. The van der Waals surface area contributed by atoms with E-state index in [1.54, 1.807) is 6.07 Å². The minimum absolute atomic E-state index is 0.239. The molecule has 0 aromatic heterocycles. The summed E-state index contributed by atoms with van der Waals surface area (Å²) < 4.78 is 5.15. The Morgan fingerprint density at radius 1 is 1.31 bits per heavy atom. The lowest BCUT2D eigenvalue weighted by atomic mass is 10.1. The van der Waals surface area contributed by atoms with Gasteiger partial charge in [-0.1, -0.05) is 25.1 Å². The van der Waals surface area contributed by atoms with E-state index in [9.17, 15) is 4.79 Å². The number of ether oxygens (including phenoxy) is 1. The monoisotopic (exact) mass is 221 g/mol. The first kappa shape index (κ1) is 12.7. The van der Waals surface area contributed by atoms with Crippen LogP contribution in [0.3, 0.4) is 0 Å². The minimum Gasteiger partial charge on any atom is -0.461 e. The van der Waals surface area contributed by atoms with E-state index in [0.717, 1.165) is 18.5 Å². The van der Waals surface area contributed by atoms with Crippen LogP contribution in [-0.2, 0) is 4.74 Å². The van der Waals surface area contributed by atoms with Gasteiger partial charge in [-0.25, -0.2) is 4.79 Å². The number of hydrogen-bond donors (Lipinski definition) is 1. The molecule has 0 saturated carbocycles. The standard InChI is InChI=1S/C13H19NO2/c1-3-8-14-9-10-16-13(15)12-7-5-4-6-11(12)2/h4-7,14H,3,8-10H2,1-2H3. The van der Waals surface area contributed by atoms with Crippen molar-refractivity contribution in [2.24, 2.45) is 0 Å². The Hall–Kier alpha value is -1.35. The number of nitrogens with one attached hydrogen (secondary N) is 1. The maximum absolute atomic E-state index is 11.6. The summed E-state index contributed by atoms with van der Waals surface area (Å²) in [5.41, 5.74) is 1.60. The molecule has 16 heavy (non-hydrogen) atoms. The van der Waals surface area contributed by atoms with E-state index in [1.165, 1.54) is 0 Å². The fourth-order valence-corrected chi connectivity index (χ4v) is 1.40. The van der Waals surface area contributed by atoms with Gasteiger partial charge in [0, 0.05) is 6.54 Å². The molecule has 0 bridgehead atoms. The van der Waals surface area contributed by atoms with E-state index in [0.29, 0.717) is 18.7 Å². The predicted molar refractivity (Wildman–Crippen MR) is 64.6 cm³/mol. The van der Waals surface area contributed by atoms with Crippen molar-refractivity contribution in [3.63, 3.8) is 0 Å². The van der Waals surface area contributed by atoms with Gasteiger partial charge in [-0.2, -0.15) is 0 Å². The minimum atomic E-state index is -0.239. The van der Waals surface area contributed by atoms with Crippen LogP contribution in [0.25, 0.3) is 0 Å². The molecule has 1 aromatic rings. The first-order chi connectivity index (χ1) is 7.75. The lowest BCUT2D eigenvalue weighted by Gasteiger charge is -2.07. The second kappa shape index (κ2) is 7.01. The molecule has 0 amide bonds. The summed E-state index contributed by atoms with van der Waals surface area (Å²) in [5.74, 6) is -0.239. The van der Waals surface area contributed by atoms with Crippen molar-refractivity contribution < 1.29 is 9.53 Å². The molecule has 88 valence electrons. The Balaban J connectivity index is 2.33. The third-order valence-corrected chi connectivity index (χ3v) is 2.30. The van der Waals surface area contributed by atoms with Crippen LogP contribution in [-0.4, -0.2) is 25.7 Å². The average molecular weight is 221 g/mol. The van der Waals surface area contributed by atoms with Crippen molar-refractivity contribution in [1.29, 1.82) is 0 Å². The zero-order chi connectivity index (χ0) is 11.8. The summed E-state index contributed by atoms with van der Waals surface area (Å²) in [4.78, 5) is 11.6. The van der Waals surface area contributed by atoms with Gasteiger partial charge in [-0.05, 0) is 31.5 Å². The first-order valence-corrected chi connectivity index (χ1v) is 5.69. The molecule has 1 aromatic carbocycles. The van der Waals surface area contributed by atoms with E-state index < -0.39 is 0 Å². The van der Waals surface area contributed by atoms with Crippen molar-refractivity contribution in [2.75, 3.05) is 19.7 Å². The smallest absolute Gasteiger partial charge is 0.338 e. The SMILES string of the molecule is CCCNCCOC(=O)c1ccccc1C. The van der Waals surface area contributed by atoms with Crippen LogP contribution in [0.2, 0.25) is 0 Å². The predicted octanol–water partition coefficient (Wildman–Crippen LogP) is 2.15. The average Bonchev–Trinajstić information content (AvgIpc) is 2.29. The lowest BCUT2D eigenvalue weighted by molar-refractivity contribution is 0.0508. The maximum atomic E-state index is 11.6. The van der Waals surface area contributed by atoms with Gasteiger partial charge in [-0.15, -0.1) is 0 Å². The molecule has 3 nitrogen and oxygen atoms in total. The van der Waals surface area contributed by atoms with Gasteiger partial charge in [0.1, 0.15) is 6.61 Å². The van der Waals surface area contributed by atoms with Crippen LogP contribution in [0.4, 0.5) is 0 Å². The molecular formula is C13H19NO2. The summed E-state index contributed by atoms with van der Waals surface area (Å²) in [7, 11) is 0. The highest BCUT2D eigenvalue weighted by Gasteiger charge is 2.08. The zero-order valence-electron chi connectivity index (χ0n) is 9.95. The number of aryl methyl sites for hydroxylation is 1. The largest absolute Gasteiger partial charge is 0.461 e. The number of carbonyl (C=O) groups excluding carboxylic acids is 1. The molecule has 0 aliphatic carbocycles. The Morgan fingerprint density at radius 2 is 2.06 bits per heavy atom. The molecule has 0 radical (unpaired) electrons. The Morgan fingerprint density at radius 3 is 2.75 bits per heavy atom. The van der Waals surface area contributed by atoms with Gasteiger partial charge in [0.2, 0.25) is 0 Å². The molecule has 1 N–H and O–H groups in total. The molecular weight excluding hydrogens is 202 g/mol. The van der Waals surface area contributed by atoms with Crippen LogP contribution in [0.15, 0.2) is 24.3 Å². The van der Waals surface area contributed by atoms with Crippen molar-refractivity contribution in [3.05, 3.63) is 35.4 Å². The molecule has 0 aliphatic rings. The zero-order valence-corrected chi connectivity index (χ0v) is 9.95. The molecule has 0 heterocycles. The Labute approximate surface area is 96.8 Å². The highest BCUT2D eigenvalue weighted by atomic mass is 16.5. The van der Waals surface area contributed by atoms with Crippen LogP contribution >= 0.6 is 0 Å². The molecule has 0 saturated heterocycles. The fraction of sp³-hybridized carbons (Fsp3) is 0.462. The van der Waals surface area contributed by atoms with Crippen molar-refractivity contribution in [3.8, 4) is 0 Å². The number of hydrogen-bond acceptors (Lipinski definition) is 3. The van der Waals surface area contributed by atoms with E-state index in [4.69, 9.17) is 4.74 Å². The molecule has 0 unspecified atom stereocenters. The van der Waals surface area contributed by atoms with Gasteiger partial charge in [0.05, 0.1) is 5.56 Å². The molecule has 3 heteroatoms. The highest BCUT2D eigenvalue weighted by molar-refractivity contribution is 5.90. The summed E-state index contributed by atoms with van der Waals surface area (Å²) in [5, 5.41) is 3.18. The third-order valence-electron chi connectivity index (χ3n) is 2.30. The van der Waals surface area contributed by atoms with Crippen LogP contribution in [0, 0.1) is 6.92 Å². The van der Waals surface area contributed by atoms with Crippen LogP contribution in [0.1, 0.15) is 29.3 Å². The Kier molecular flexibility index (Phi) is 5.57. The Bertz CT molecular complexity index is 336. The summed E-state index contributed by atoms with van der Waals surface area (Å²) in [6.07, 6.45) is 1.09. The molecule has 1 rings (SSSR count). The summed E-state index contributed by atoms with van der Waals surface area (Å²) in [6, 6.07) is 7.46. The van der Waals surface area contributed by atoms with Gasteiger partial charge in [0.25, 0.3) is 0 Å². The summed E-state index contributed by atoms with van der Waals surface area (Å²) >= 11 is 0. The van der Waals surface area contributed by atoms with Gasteiger partial charge in [-0.3, -0.25) is 0 Å². The summed E-state index contributed by atoms with van der Waals surface area (Å²) in [6.45, 7) is 6.11. The van der Waals surface area contributed by atoms with Gasteiger partial charge >= 0.3 is 5.97 Å². The number of rotatable bonds is 6. The lowest BCUT2D eigenvalue weighted by Crippen LogP contribution is -2.22. The van der Waals surface area contributed by atoms with Crippen LogP contribution < -0.4 is 5.32 Å². The van der Waals surface area contributed by atoms with E-state index in [-0.39, 0.29) is 5.97 Å². The topological polar surface area (TPSA) is 38.3 Å². The van der Waals surface area contributed by atoms with Gasteiger partial charge < -0.3 is 10.1 Å². The quantitative estimate of drug-likeness (QED) is 0.591. The van der Waals surface area contributed by atoms with Crippen molar-refractivity contribution >= 4 is 5.97 Å².